The molecule has 2 aromatic rings. The predicted octanol–water partition coefficient (Wildman–Crippen LogP) is 2.48. The van der Waals surface area contributed by atoms with Crippen LogP contribution >= 0.6 is 0 Å². The highest BCUT2D eigenvalue weighted by Crippen LogP contribution is 2.17. The van der Waals surface area contributed by atoms with E-state index in [1.807, 2.05) is 12.1 Å². The van der Waals surface area contributed by atoms with Gasteiger partial charge in [-0.2, -0.15) is 5.10 Å². The van der Waals surface area contributed by atoms with Crippen LogP contribution in [0.3, 0.4) is 0 Å². The number of amides is 1. The number of rotatable bonds is 6. The van der Waals surface area contributed by atoms with E-state index in [2.05, 4.69) is 29.4 Å². The summed E-state index contributed by atoms with van der Waals surface area (Å²) >= 11 is 0. The molecule has 1 amide bonds. The molecule has 21 heavy (non-hydrogen) atoms. The minimum Gasteiger partial charge on any atom is -0.388 e. The summed E-state index contributed by atoms with van der Waals surface area (Å²) in [6.45, 7) is 6.23. The standard InChI is InChI=1S/C16H23N3O2/c1-11(2)7-8-16(3,21)10-17-15(20)13-6-4-5-12-9-18-19-14(12)13/h4-6,9,11,21H,7-8,10H2,1-3H3,(H,17,20)(H,18,19). The molecule has 0 spiro atoms. The molecule has 5 heteroatoms. The minimum absolute atomic E-state index is 0.199. The quantitative estimate of drug-likeness (QED) is 0.764. The van der Waals surface area contributed by atoms with Gasteiger partial charge >= 0.3 is 0 Å². The molecule has 0 saturated carbocycles. The second-order valence-corrected chi connectivity index (χ2v) is 6.25. The number of aromatic amines is 1. The largest absolute Gasteiger partial charge is 0.388 e. The van der Waals surface area contributed by atoms with Crippen molar-refractivity contribution in [1.29, 1.82) is 0 Å². The van der Waals surface area contributed by atoms with Crippen molar-refractivity contribution in [3.05, 3.63) is 30.0 Å². The smallest absolute Gasteiger partial charge is 0.253 e. The number of nitrogens with one attached hydrogen (secondary N) is 2. The average molecular weight is 289 g/mol. The molecule has 0 saturated heterocycles. The molecule has 0 aliphatic heterocycles. The number of fused-ring (bicyclic) bond motifs is 1. The van der Waals surface area contributed by atoms with Crippen molar-refractivity contribution in [3.63, 3.8) is 0 Å². The fourth-order valence-electron chi connectivity index (χ4n) is 2.21. The van der Waals surface area contributed by atoms with Gasteiger partial charge in [0.2, 0.25) is 0 Å². The van der Waals surface area contributed by atoms with E-state index in [0.29, 0.717) is 17.9 Å². The number of carbonyl (C=O) groups excluding carboxylic acids is 1. The Bertz CT molecular complexity index is 617. The summed E-state index contributed by atoms with van der Waals surface area (Å²) in [6, 6.07) is 5.47. The van der Waals surface area contributed by atoms with Crippen LogP contribution < -0.4 is 5.32 Å². The molecular formula is C16H23N3O2. The van der Waals surface area contributed by atoms with Crippen molar-refractivity contribution in [1.82, 2.24) is 15.5 Å². The van der Waals surface area contributed by atoms with Crippen molar-refractivity contribution < 1.29 is 9.90 Å². The van der Waals surface area contributed by atoms with Crippen molar-refractivity contribution in [2.24, 2.45) is 5.92 Å². The molecule has 1 heterocycles. The zero-order valence-corrected chi connectivity index (χ0v) is 12.8. The molecule has 5 nitrogen and oxygen atoms in total. The number of benzene rings is 1. The number of aromatic nitrogens is 2. The lowest BCUT2D eigenvalue weighted by molar-refractivity contribution is 0.0429. The minimum atomic E-state index is -0.887. The molecule has 0 aliphatic carbocycles. The summed E-state index contributed by atoms with van der Waals surface area (Å²) in [6.07, 6.45) is 3.28. The van der Waals surface area contributed by atoms with Crippen LogP contribution in [-0.2, 0) is 0 Å². The Labute approximate surface area is 124 Å². The normalized spacial score (nSPS) is 14.3. The van der Waals surface area contributed by atoms with Gasteiger partial charge in [0, 0.05) is 11.9 Å². The van der Waals surface area contributed by atoms with E-state index in [-0.39, 0.29) is 12.5 Å². The van der Waals surface area contributed by atoms with E-state index in [4.69, 9.17) is 0 Å². The van der Waals surface area contributed by atoms with Gasteiger partial charge in [-0.1, -0.05) is 26.0 Å². The first-order valence-electron chi connectivity index (χ1n) is 7.32. The van der Waals surface area contributed by atoms with Gasteiger partial charge in [0.05, 0.1) is 22.9 Å². The topological polar surface area (TPSA) is 78.0 Å². The zero-order valence-electron chi connectivity index (χ0n) is 12.8. The molecular weight excluding hydrogens is 266 g/mol. The second-order valence-electron chi connectivity index (χ2n) is 6.25. The predicted molar refractivity (Wildman–Crippen MR) is 83.1 cm³/mol. The first kappa shape index (κ1) is 15.5. The van der Waals surface area contributed by atoms with Gasteiger partial charge in [0.1, 0.15) is 0 Å². The maximum Gasteiger partial charge on any atom is 0.253 e. The van der Waals surface area contributed by atoms with Gasteiger partial charge in [-0.25, -0.2) is 0 Å². The van der Waals surface area contributed by atoms with Crippen LogP contribution in [0.15, 0.2) is 24.4 Å². The van der Waals surface area contributed by atoms with E-state index in [0.717, 1.165) is 17.3 Å². The Morgan fingerprint density at radius 3 is 2.95 bits per heavy atom. The van der Waals surface area contributed by atoms with Gasteiger partial charge in [0.25, 0.3) is 5.91 Å². The number of hydrogen-bond donors (Lipinski definition) is 3. The van der Waals surface area contributed by atoms with Crippen LogP contribution in [0.4, 0.5) is 0 Å². The van der Waals surface area contributed by atoms with Gasteiger partial charge in [0.15, 0.2) is 0 Å². The maximum atomic E-state index is 12.3. The molecule has 1 atom stereocenters. The monoisotopic (exact) mass is 289 g/mol. The van der Waals surface area contributed by atoms with Crippen molar-refractivity contribution in [2.45, 2.75) is 39.2 Å². The van der Waals surface area contributed by atoms with Gasteiger partial charge < -0.3 is 10.4 Å². The molecule has 1 unspecified atom stereocenters. The number of hydrogen-bond acceptors (Lipinski definition) is 3. The maximum absolute atomic E-state index is 12.3. The van der Waals surface area contributed by atoms with Crippen LogP contribution in [0.5, 0.6) is 0 Å². The number of aliphatic hydroxyl groups is 1. The van der Waals surface area contributed by atoms with E-state index in [9.17, 15) is 9.90 Å². The molecule has 1 aromatic heterocycles. The Balaban J connectivity index is 2.00. The Morgan fingerprint density at radius 1 is 1.48 bits per heavy atom. The average Bonchev–Trinajstić information content (AvgIpc) is 2.91. The Kier molecular flexibility index (Phi) is 4.63. The van der Waals surface area contributed by atoms with Crippen molar-refractivity contribution in [3.8, 4) is 0 Å². The van der Waals surface area contributed by atoms with E-state index >= 15 is 0 Å². The fourth-order valence-corrected chi connectivity index (χ4v) is 2.21. The molecule has 3 N–H and O–H groups in total. The van der Waals surface area contributed by atoms with Gasteiger partial charge in [-0.3, -0.25) is 9.89 Å². The Hall–Kier alpha value is -1.88. The summed E-state index contributed by atoms with van der Waals surface area (Å²) in [5, 5.41) is 20.8. The zero-order chi connectivity index (χ0) is 15.5. The van der Waals surface area contributed by atoms with E-state index < -0.39 is 5.60 Å². The summed E-state index contributed by atoms with van der Waals surface area (Å²) in [5.74, 6) is 0.334. The van der Waals surface area contributed by atoms with Gasteiger partial charge in [-0.05, 0) is 31.7 Å². The Morgan fingerprint density at radius 2 is 2.24 bits per heavy atom. The van der Waals surface area contributed by atoms with Crippen LogP contribution in [0, 0.1) is 5.92 Å². The fraction of sp³-hybridized carbons (Fsp3) is 0.500. The third kappa shape index (κ3) is 4.04. The highest BCUT2D eigenvalue weighted by Gasteiger charge is 2.22. The molecule has 114 valence electrons. The molecule has 0 aliphatic rings. The van der Waals surface area contributed by atoms with Crippen molar-refractivity contribution >= 4 is 16.8 Å². The molecule has 2 rings (SSSR count). The summed E-state index contributed by atoms with van der Waals surface area (Å²) in [4.78, 5) is 12.3. The summed E-state index contributed by atoms with van der Waals surface area (Å²) in [5.41, 5.74) is 0.378. The van der Waals surface area contributed by atoms with E-state index in [1.165, 1.54) is 0 Å². The highest BCUT2D eigenvalue weighted by atomic mass is 16.3. The van der Waals surface area contributed by atoms with E-state index in [1.54, 1.807) is 19.2 Å². The molecule has 0 bridgehead atoms. The summed E-state index contributed by atoms with van der Waals surface area (Å²) < 4.78 is 0. The first-order valence-corrected chi connectivity index (χ1v) is 7.32. The SMILES string of the molecule is CC(C)CCC(C)(O)CNC(=O)c1cccc2cn[nH]c12. The van der Waals surface area contributed by atoms with Gasteiger partial charge in [-0.15, -0.1) is 0 Å². The second kappa shape index (κ2) is 6.26. The molecule has 0 radical (unpaired) electrons. The lowest BCUT2D eigenvalue weighted by Gasteiger charge is -2.24. The number of nitrogens with zero attached hydrogens (tertiary/aromatic N) is 1. The number of carbonyl (C=O) groups is 1. The first-order chi connectivity index (χ1) is 9.89. The third-order valence-corrected chi connectivity index (χ3v) is 3.61. The lowest BCUT2D eigenvalue weighted by Crippen LogP contribution is -2.40. The highest BCUT2D eigenvalue weighted by molar-refractivity contribution is 6.05. The molecule has 1 aromatic carbocycles. The van der Waals surface area contributed by atoms with Crippen LogP contribution in [0.1, 0.15) is 44.0 Å². The third-order valence-electron chi connectivity index (χ3n) is 3.61. The van der Waals surface area contributed by atoms with Crippen molar-refractivity contribution in [2.75, 3.05) is 6.54 Å². The number of para-hydroxylation sites is 1. The lowest BCUT2D eigenvalue weighted by atomic mass is 9.95. The van der Waals surface area contributed by atoms with Crippen LogP contribution in [0.2, 0.25) is 0 Å². The number of H-pyrrole nitrogens is 1. The van der Waals surface area contributed by atoms with Crippen LogP contribution in [0.25, 0.3) is 10.9 Å². The summed E-state index contributed by atoms with van der Waals surface area (Å²) in [7, 11) is 0. The van der Waals surface area contributed by atoms with Crippen LogP contribution in [-0.4, -0.2) is 33.4 Å². The molecule has 0 fully saturated rings.